The summed E-state index contributed by atoms with van der Waals surface area (Å²) in [6.45, 7) is 14.9. The maximum atomic E-state index is 6.08. The van der Waals surface area contributed by atoms with Crippen LogP contribution in [0.15, 0.2) is 12.1 Å². The number of benzene rings is 1. The number of piperazine rings is 1. The van der Waals surface area contributed by atoms with E-state index in [2.05, 4.69) is 50.0 Å². The van der Waals surface area contributed by atoms with Gasteiger partial charge in [-0.25, -0.2) is 0 Å². The lowest BCUT2D eigenvalue weighted by Gasteiger charge is -2.28. The SMILES string of the molecule is Cc1cc(C)c(OCC(C)C)c(CN2CCNCC2)c1. The number of hydrogen-bond acceptors (Lipinski definition) is 3. The molecule has 112 valence electrons. The van der Waals surface area contributed by atoms with Gasteiger partial charge in [0, 0.05) is 38.3 Å². The molecule has 3 nitrogen and oxygen atoms in total. The van der Waals surface area contributed by atoms with Gasteiger partial charge in [0.2, 0.25) is 0 Å². The zero-order valence-corrected chi connectivity index (χ0v) is 13.3. The van der Waals surface area contributed by atoms with Gasteiger partial charge in [-0.2, -0.15) is 0 Å². The highest BCUT2D eigenvalue weighted by Gasteiger charge is 2.15. The number of nitrogens with one attached hydrogen (secondary N) is 1. The lowest BCUT2D eigenvalue weighted by atomic mass is 10.0. The van der Waals surface area contributed by atoms with E-state index in [9.17, 15) is 0 Å². The highest BCUT2D eigenvalue weighted by molar-refractivity contribution is 5.43. The quantitative estimate of drug-likeness (QED) is 0.895. The number of ether oxygens (including phenoxy) is 1. The fraction of sp³-hybridized carbons (Fsp3) is 0.647. The third kappa shape index (κ3) is 4.22. The molecule has 1 aliphatic rings. The van der Waals surface area contributed by atoms with E-state index in [-0.39, 0.29) is 0 Å². The molecule has 1 aliphatic heterocycles. The van der Waals surface area contributed by atoms with Crippen molar-refractivity contribution in [2.45, 2.75) is 34.2 Å². The van der Waals surface area contributed by atoms with Crippen LogP contribution in [-0.4, -0.2) is 37.7 Å². The molecule has 0 atom stereocenters. The average Bonchev–Trinajstić information content (AvgIpc) is 2.38. The van der Waals surface area contributed by atoms with E-state index in [1.807, 2.05) is 0 Å². The van der Waals surface area contributed by atoms with Crippen LogP contribution in [0.2, 0.25) is 0 Å². The zero-order valence-electron chi connectivity index (χ0n) is 13.3. The molecule has 0 unspecified atom stereocenters. The lowest BCUT2D eigenvalue weighted by molar-refractivity contribution is 0.222. The topological polar surface area (TPSA) is 24.5 Å². The summed E-state index contributed by atoms with van der Waals surface area (Å²) in [6.07, 6.45) is 0. The molecule has 1 aromatic rings. The fourth-order valence-corrected chi connectivity index (χ4v) is 2.73. The van der Waals surface area contributed by atoms with Crippen LogP contribution in [0.1, 0.15) is 30.5 Å². The first kappa shape index (κ1) is 15.3. The van der Waals surface area contributed by atoms with E-state index in [1.54, 1.807) is 0 Å². The van der Waals surface area contributed by atoms with Crippen molar-refractivity contribution in [1.29, 1.82) is 0 Å². The normalized spacial score (nSPS) is 16.6. The molecule has 2 rings (SSSR count). The first-order valence-electron chi connectivity index (χ1n) is 7.72. The minimum Gasteiger partial charge on any atom is -0.493 e. The molecule has 0 aliphatic carbocycles. The largest absolute Gasteiger partial charge is 0.493 e. The van der Waals surface area contributed by atoms with Gasteiger partial charge in [-0.05, 0) is 25.3 Å². The van der Waals surface area contributed by atoms with Crippen LogP contribution in [-0.2, 0) is 6.54 Å². The highest BCUT2D eigenvalue weighted by atomic mass is 16.5. The summed E-state index contributed by atoms with van der Waals surface area (Å²) in [7, 11) is 0. The molecule has 0 bridgehead atoms. The average molecular weight is 276 g/mol. The summed E-state index contributed by atoms with van der Waals surface area (Å²) in [6, 6.07) is 4.50. The Morgan fingerprint density at radius 1 is 1.20 bits per heavy atom. The Morgan fingerprint density at radius 3 is 2.55 bits per heavy atom. The van der Waals surface area contributed by atoms with Crippen LogP contribution in [0.25, 0.3) is 0 Å². The van der Waals surface area contributed by atoms with Crippen molar-refractivity contribution in [3.63, 3.8) is 0 Å². The smallest absolute Gasteiger partial charge is 0.126 e. The summed E-state index contributed by atoms with van der Waals surface area (Å²) in [5, 5.41) is 3.41. The van der Waals surface area contributed by atoms with Crippen molar-refractivity contribution in [2.24, 2.45) is 5.92 Å². The third-order valence-electron chi connectivity index (χ3n) is 3.66. The van der Waals surface area contributed by atoms with Crippen LogP contribution >= 0.6 is 0 Å². The maximum absolute atomic E-state index is 6.08. The van der Waals surface area contributed by atoms with Gasteiger partial charge >= 0.3 is 0 Å². The Bertz CT molecular complexity index is 437. The van der Waals surface area contributed by atoms with Gasteiger partial charge < -0.3 is 10.1 Å². The van der Waals surface area contributed by atoms with Crippen molar-refractivity contribution in [2.75, 3.05) is 32.8 Å². The summed E-state index contributed by atoms with van der Waals surface area (Å²) >= 11 is 0. The molecule has 0 saturated carbocycles. The van der Waals surface area contributed by atoms with Gasteiger partial charge in [0.1, 0.15) is 5.75 Å². The van der Waals surface area contributed by atoms with Crippen molar-refractivity contribution in [3.8, 4) is 5.75 Å². The first-order chi connectivity index (χ1) is 9.56. The molecule has 20 heavy (non-hydrogen) atoms. The summed E-state index contributed by atoms with van der Waals surface area (Å²) in [5.41, 5.74) is 3.92. The summed E-state index contributed by atoms with van der Waals surface area (Å²) in [4.78, 5) is 2.51. The lowest BCUT2D eigenvalue weighted by Crippen LogP contribution is -2.43. The second-order valence-corrected chi connectivity index (χ2v) is 6.30. The number of nitrogens with zero attached hydrogens (tertiary/aromatic N) is 1. The Labute approximate surface area is 123 Å². The second kappa shape index (κ2) is 7.09. The highest BCUT2D eigenvalue weighted by Crippen LogP contribution is 2.27. The minimum atomic E-state index is 0.558. The molecule has 1 fully saturated rings. The van der Waals surface area contributed by atoms with E-state index >= 15 is 0 Å². The van der Waals surface area contributed by atoms with Crippen LogP contribution in [0.4, 0.5) is 0 Å². The Balaban J connectivity index is 2.15. The number of hydrogen-bond donors (Lipinski definition) is 1. The number of rotatable bonds is 5. The van der Waals surface area contributed by atoms with Crippen LogP contribution in [0, 0.1) is 19.8 Å². The molecule has 1 heterocycles. The van der Waals surface area contributed by atoms with Gasteiger partial charge in [-0.3, -0.25) is 4.90 Å². The monoisotopic (exact) mass is 276 g/mol. The van der Waals surface area contributed by atoms with Crippen molar-refractivity contribution in [3.05, 3.63) is 28.8 Å². The molecule has 0 spiro atoms. The first-order valence-corrected chi connectivity index (χ1v) is 7.72. The van der Waals surface area contributed by atoms with Crippen molar-refractivity contribution in [1.82, 2.24) is 10.2 Å². The van der Waals surface area contributed by atoms with E-state index in [0.29, 0.717) is 5.92 Å². The molecule has 0 aromatic heterocycles. The molecule has 0 radical (unpaired) electrons. The molecular weight excluding hydrogens is 248 g/mol. The maximum Gasteiger partial charge on any atom is 0.126 e. The van der Waals surface area contributed by atoms with E-state index in [4.69, 9.17) is 4.74 Å². The van der Waals surface area contributed by atoms with Crippen molar-refractivity contribution < 1.29 is 4.74 Å². The molecular formula is C17H28N2O. The molecule has 1 saturated heterocycles. The van der Waals surface area contributed by atoms with Crippen molar-refractivity contribution >= 4 is 0 Å². The second-order valence-electron chi connectivity index (χ2n) is 6.30. The van der Waals surface area contributed by atoms with E-state index in [1.165, 1.54) is 16.7 Å². The summed E-state index contributed by atoms with van der Waals surface area (Å²) < 4.78 is 6.08. The van der Waals surface area contributed by atoms with E-state index in [0.717, 1.165) is 45.1 Å². The van der Waals surface area contributed by atoms with Crippen LogP contribution in [0.3, 0.4) is 0 Å². The molecule has 0 amide bonds. The van der Waals surface area contributed by atoms with Crippen LogP contribution < -0.4 is 10.1 Å². The standard InChI is InChI=1S/C17H28N2O/c1-13(2)12-20-17-15(4)9-14(3)10-16(17)11-19-7-5-18-6-8-19/h9-10,13,18H,5-8,11-12H2,1-4H3. The molecule has 1 N–H and O–H groups in total. The molecule has 1 aromatic carbocycles. The predicted octanol–water partition coefficient (Wildman–Crippen LogP) is 2.74. The third-order valence-corrected chi connectivity index (χ3v) is 3.66. The minimum absolute atomic E-state index is 0.558. The Morgan fingerprint density at radius 2 is 1.90 bits per heavy atom. The Hall–Kier alpha value is -1.06. The van der Waals surface area contributed by atoms with Gasteiger partial charge in [0.15, 0.2) is 0 Å². The van der Waals surface area contributed by atoms with Gasteiger partial charge in [-0.1, -0.05) is 31.5 Å². The zero-order chi connectivity index (χ0) is 14.5. The van der Waals surface area contributed by atoms with Crippen LogP contribution in [0.5, 0.6) is 5.75 Å². The van der Waals surface area contributed by atoms with E-state index < -0.39 is 0 Å². The van der Waals surface area contributed by atoms with Gasteiger partial charge in [0.25, 0.3) is 0 Å². The van der Waals surface area contributed by atoms with Gasteiger partial charge in [0.05, 0.1) is 6.61 Å². The molecule has 3 heteroatoms. The summed E-state index contributed by atoms with van der Waals surface area (Å²) in [5.74, 6) is 1.66. The Kier molecular flexibility index (Phi) is 5.44. The van der Waals surface area contributed by atoms with Gasteiger partial charge in [-0.15, -0.1) is 0 Å². The number of aryl methyl sites for hydroxylation is 2. The predicted molar refractivity (Wildman–Crippen MR) is 84.4 cm³/mol. The fourth-order valence-electron chi connectivity index (χ4n) is 2.73.